The Morgan fingerprint density at radius 2 is 1.65 bits per heavy atom. The van der Waals surface area contributed by atoms with E-state index in [0.717, 1.165) is 0 Å². The predicted molar refractivity (Wildman–Crippen MR) is 77.5 cm³/mol. The standard InChI is InChI=1S/C17H28/c1-6-13-17(5,8-3)16(7-2)15-11-9-14(4)10-12-15/h9-12,16H,6-8,13H2,1-5H3. The molecule has 1 rings (SSSR count). The molecule has 0 heteroatoms. The van der Waals surface area contributed by atoms with Crippen molar-refractivity contribution in [2.24, 2.45) is 5.41 Å². The molecule has 96 valence electrons. The molecule has 2 unspecified atom stereocenters. The Morgan fingerprint density at radius 1 is 1.06 bits per heavy atom. The maximum absolute atomic E-state index is 2.46. The van der Waals surface area contributed by atoms with Gasteiger partial charge < -0.3 is 0 Å². The van der Waals surface area contributed by atoms with Crippen molar-refractivity contribution in [3.05, 3.63) is 35.4 Å². The van der Waals surface area contributed by atoms with Crippen molar-refractivity contribution in [3.63, 3.8) is 0 Å². The lowest BCUT2D eigenvalue weighted by Gasteiger charge is -2.37. The number of hydrogen-bond acceptors (Lipinski definition) is 0. The van der Waals surface area contributed by atoms with Crippen LogP contribution in [0.5, 0.6) is 0 Å². The number of rotatable bonds is 6. The molecule has 1 aromatic carbocycles. The van der Waals surface area contributed by atoms with Crippen LogP contribution in [0.25, 0.3) is 0 Å². The fraction of sp³-hybridized carbons (Fsp3) is 0.647. The molecule has 0 spiro atoms. The van der Waals surface area contributed by atoms with Gasteiger partial charge in [-0.1, -0.05) is 70.4 Å². The third kappa shape index (κ3) is 3.34. The summed E-state index contributed by atoms with van der Waals surface area (Å²) in [7, 11) is 0. The van der Waals surface area contributed by atoms with E-state index in [0.29, 0.717) is 11.3 Å². The molecule has 0 saturated heterocycles. The van der Waals surface area contributed by atoms with Crippen LogP contribution in [0.2, 0.25) is 0 Å². The van der Waals surface area contributed by atoms with Crippen LogP contribution in [0.15, 0.2) is 24.3 Å². The van der Waals surface area contributed by atoms with Crippen molar-refractivity contribution >= 4 is 0 Å². The van der Waals surface area contributed by atoms with Gasteiger partial charge in [0.05, 0.1) is 0 Å². The fourth-order valence-corrected chi connectivity index (χ4v) is 3.10. The van der Waals surface area contributed by atoms with Crippen LogP contribution < -0.4 is 0 Å². The topological polar surface area (TPSA) is 0 Å². The summed E-state index contributed by atoms with van der Waals surface area (Å²) < 4.78 is 0. The minimum absolute atomic E-state index is 0.457. The van der Waals surface area contributed by atoms with Crippen molar-refractivity contribution in [3.8, 4) is 0 Å². The van der Waals surface area contributed by atoms with Crippen molar-refractivity contribution in [1.82, 2.24) is 0 Å². The van der Waals surface area contributed by atoms with Gasteiger partial charge in [-0.05, 0) is 36.7 Å². The molecule has 0 N–H and O–H groups in total. The first-order valence-electron chi connectivity index (χ1n) is 7.14. The molecule has 1 aromatic rings. The highest BCUT2D eigenvalue weighted by atomic mass is 14.4. The van der Waals surface area contributed by atoms with E-state index in [-0.39, 0.29) is 0 Å². The van der Waals surface area contributed by atoms with Crippen LogP contribution in [-0.2, 0) is 0 Å². The van der Waals surface area contributed by atoms with Gasteiger partial charge in [-0.15, -0.1) is 0 Å². The zero-order chi connectivity index (χ0) is 12.9. The molecular formula is C17H28. The van der Waals surface area contributed by atoms with Crippen molar-refractivity contribution in [1.29, 1.82) is 0 Å². The third-order valence-corrected chi connectivity index (χ3v) is 4.36. The Bertz CT molecular complexity index is 322. The molecule has 0 saturated carbocycles. The number of hydrogen-bond donors (Lipinski definition) is 0. The average Bonchev–Trinajstić information content (AvgIpc) is 2.33. The van der Waals surface area contributed by atoms with Crippen LogP contribution >= 0.6 is 0 Å². The first-order chi connectivity index (χ1) is 8.07. The van der Waals surface area contributed by atoms with Crippen LogP contribution in [0.4, 0.5) is 0 Å². The smallest absolute Gasteiger partial charge is 0.0111 e. The Morgan fingerprint density at radius 3 is 2.06 bits per heavy atom. The van der Waals surface area contributed by atoms with Crippen molar-refractivity contribution < 1.29 is 0 Å². The molecule has 0 fully saturated rings. The van der Waals surface area contributed by atoms with Crippen LogP contribution in [0.3, 0.4) is 0 Å². The minimum atomic E-state index is 0.457. The van der Waals surface area contributed by atoms with E-state index in [2.05, 4.69) is 58.9 Å². The predicted octanol–water partition coefficient (Wildman–Crippen LogP) is 5.71. The van der Waals surface area contributed by atoms with E-state index in [4.69, 9.17) is 0 Å². The van der Waals surface area contributed by atoms with E-state index in [1.165, 1.54) is 36.8 Å². The molecule has 0 heterocycles. The van der Waals surface area contributed by atoms with Gasteiger partial charge in [0.15, 0.2) is 0 Å². The summed E-state index contributed by atoms with van der Waals surface area (Å²) in [5.74, 6) is 0.702. The van der Waals surface area contributed by atoms with E-state index in [9.17, 15) is 0 Å². The van der Waals surface area contributed by atoms with Crippen molar-refractivity contribution in [2.75, 3.05) is 0 Å². The van der Waals surface area contributed by atoms with Crippen molar-refractivity contribution in [2.45, 2.75) is 66.2 Å². The SMILES string of the molecule is CCCC(C)(CC)C(CC)c1ccc(C)cc1. The lowest BCUT2D eigenvalue weighted by molar-refractivity contribution is 0.213. The zero-order valence-corrected chi connectivity index (χ0v) is 12.2. The number of benzene rings is 1. The second-order valence-corrected chi connectivity index (χ2v) is 5.63. The fourth-order valence-electron chi connectivity index (χ4n) is 3.10. The molecule has 0 bridgehead atoms. The highest BCUT2D eigenvalue weighted by Crippen LogP contribution is 2.44. The molecule has 0 aliphatic carbocycles. The first-order valence-corrected chi connectivity index (χ1v) is 7.14. The lowest BCUT2D eigenvalue weighted by atomic mass is 9.68. The second-order valence-electron chi connectivity index (χ2n) is 5.63. The Kier molecular flexibility index (Phi) is 5.24. The van der Waals surface area contributed by atoms with E-state index in [1.54, 1.807) is 0 Å². The average molecular weight is 232 g/mol. The Balaban J connectivity index is 3.00. The summed E-state index contributed by atoms with van der Waals surface area (Å²) in [6, 6.07) is 9.15. The van der Waals surface area contributed by atoms with Gasteiger partial charge in [0, 0.05) is 0 Å². The summed E-state index contributed by atoms with van der Waals surface area (Å²) >= 11 is 0. The van der Waals surface area contributed by atoms with E-state index in [1.807, 2.05) is 0 Å². The van der Waals surface area contributed by atoms with Gasteiger partial charge >= 0.3 is 0 Å². The van der Waals surface area contributed by atoms with E-state index < -0.39 is 0 Å². The van der Waals surface area contributed by atoms with E-state index >= 15 is 0 Å². The molecule has 0 nitrogen and oxygen atoms in total. The zero-order valence-electron chi connectivity index (χ0n) is 12.2. The van der Waals surface area contributed by atoms with Crippen LogP contribution in [0.1, 0.15) is 70.4 Å². The summed E-state index contributed by atoms with van der Waals surface area (Å²) in [4.78, 5) is 0. The highest BCUT2D eigenvalue weighted by Gasteiger charge is 2.31. The quantitative estimate of drug-likeness (QED) is 0.589. The Hall–Kier alpha value is -0.780. The minimum Gasteiger partial charge on any atom is -0.0654 e. The molecule has 0 radical (unpaired) electrons. The van der Waals surface area contributed by atoms with Gasteiger partial charge in [0.25, 0.3) is 0 Å². The highest BCUT2D eigenvalue weighted by molar-refractivity contribution is 5.26. The molecule has 2 atom stereocenters. The van der Waals surface area contributed by atoms with Gasteiger partial charge in [-0.3, -0.25) is 0 Å². The Labute approximate surface area is 107 Å². The first kappa shape index (κ1) is 14.3. The largest absolute Gasteiger partial charge is 0.0654 e. The summed E-state index contributed by atoms with van der Waals surface area (Å²) in [5.41, 5.74) is 3.34. The lowest BCUT2D eigenvalue weighted by Crippen LogP contribution is -2.24. The normalized spacial score (nSPS) is 16.5. The molecular weight excluding hydrogens is 204 g/mol. The monoisotopic (exact) mass is 232 g/mol. The summed E-state index contributed by atoms with van der Waals surface area (Å²) in [5, 5.41) is 0. The van der Waals surface area contributed by atoms with Gasteiger partial charge in [-0.2, -0.15) is 0 Å². The van der Waals surface area contributed by atoms with Crippen LogP contribution in [0, 0.1) is 12.3 Å². The van der Waals surface area contributed by atoms with Crippen LogP contribution in [-0.4, -0.2) is 0 Å². The van der Waals surface area contributed by atoms with Gasteiger partial charge in [0.1, 0.15) is 0 Å². The molecule has 17 heavy (non-hydrogen) atoms. The maximum Gasteiger partial charge on any atom is -0.0111 e. The summed E-state index contributed by atoms with van der Waals surface area (Å²) in [6.45, 7) is 11.6. The molecule has 0 aliphatic rings. The summed E-state index contributed by atoms with van der Waals surface area (Å²) in [6.07, 6.45) is 5.13. The molecule has 0 amide bonds. The maximum atomic E-state index is 2.46. The number of aryl methyl sites for hydroxylation is 1. The van der Waals surface area contributed by atoms with Gasteiger partial charge in [-0.25, -0.2) is 0 Å². The molecule has 0 aromatic heterocycles. The van der Waals surface area contributed by atoms with Gasteiger partial charge in [0.2, 0.25) is 0 Å². The molecule has 0 aliphatic heterocycles. The second kappa shape index (κ2) is 6.23. The third-order valence-electron chi connectivity index (χ3n) is 4.36.